The molecule has 1 saturated heterocycles. The third-order valence-corrected chi connectivity index (χ3v) is 2.85. The third-order valence-electron chi connectivity index (χ3n) is 2.85. The van der Waals surface area contributed by atoms with Crippen LogP contribution in [-0.4, -0.2) is 32.9 Å². The highest BCUT2D eigenvalue weighted by atomic mass is 16.2. The lowest BCUT2D eigenvalue weighted by molar-refractivity contribution is -0.129. The molecule has 0 bridgehead atoms. The number of imidazole rings is 1. The lowest BCUT2D eigenvalue weighted by atomic mass is 10.3. The standard InChI is InChI=1S/C7H13NO.C6H10N2/c1-6(2)8-5-3-4-7(8)9;1-6(2)8-4-3-7-5-8/h6H,3-5H2,1-2H3;3-6H,1-2H3. The van der Waals surface area contributed by atoms with Gasteiger partial charge in [-0.3, -0.25) is 4.79 Å². The van der Waals surface area contributed by atoms with E-state index >= 15 is 0 Å². The Hall–Kier alpha value is -1.32. The van der Waals surface area contributed by atoms with Crippen LogP contribution in [0.15, 0.2) is 18.7 Å². The van der Waals surface area contributed by atoms with Crippen molar-refractivity contribution in [2.75, 3.05) is 6.54 Å². The second-order valence-corrected chi connectivity index (χ2v) is 4.89. The van der Waals surface area contributed by atoms with Crippen LogP contribution in [0.1, 0.15) is 46.6 Å². The van der Waals surface area contributed by atoms with Crippen LogP contribution in [0.4, 0.5) is 0 Å². The van der Waals surface area contributed by atoms with Gasteiger partial charge in [0.1, 0.15) is 0 Å². The summed E-state index contributed by atoms with van der Waals surface area (Å²) in [6, 6.07) is 0.942. The molecular formula is C13H23N3O. The Morgan fingerprint density at radius 1 is 1.24 bits per heavy atom. The second-order valence-electron chi connectivity index (χ2n) is 4.89. The molecule has 1 aliphatic rings. The number of nitrogens with zero attached hydrogens (tertiary/aromatic N) is 3. The maximum Gasteiger partial charge on any atom is 0.222 e. The summed E-state index contributed by atoms with van der Waals surface area (Å²) in [5, 5.41) is 0. The zero-order valence-corrected chi connectivity index (χ0v) is 11.3. The molecule has 96 valence electrons. The molecule has 0 aliphatic carbocycles. The molecule has 0 atom stereocenters. The monoisotopic (exact) mass is 237 g/mol. The van der Waals surface area contributed by atoms with Crippen LogP contribution in [0.3, 0.4) is 0 Å². The summed E-state index contributed by atoms with van der Waals surface area (Å²) in [6.45, 7) is 9.34. The maximum atomic E-state index is 10.9. The molecule has 1 amide bonds. The molecule has 2 rings (SSSR count). The maximum absolute atomic E-state index is 10.9. The van der Waals surface area contributed by atoms with Gasteiger partial charge in [-0.15, -0.1) is 0 Å². The molecule has 0 spiro atoms. The van der Waals surface area contributed by atoms with Crippen molar-refractivity contribution in [3.05, 3.63) is 18.7 Å². The highest BCUT2D eigenvalue weighted by Crippen LogP contribution is 2.12. The first kappa shape index (κ1) is 13.7. The number of amides is 1. The first-order valence-corrected chi connectivity index (χ1v) is 6.29. The Bertz CT molecular complexity index is 330. The predicted molar refractivity (Wildman–Crippen MR) is 68.7 cm³/mol. The smallest absolute Gasteiger partial charge is 0.222 e. The van der Waals surface area contributed by atoms with Gasteiger partial charge in [-0.05, 0) is 34.1 Å². The topological polar surface area (TPSA) is 38.1 Å². The molecule has 0 N–H and O–H groups in total. The van der Waals surface area contributed by atoms with Crippen molar-refractivity contribution in [2.45, 2.75) is 52.6 Å². The van der Waals surface area contributed by atoms with Crippen molar-refractivity contribution in [1.29, 1.82) is 0 Å². The van der Waals surface area contributed by atoms with Crippen LogP contribution in [0.25, 0.3) is 0 Å². The van der Waals surface area contributed by atoms with Crippen molar-refractivity contribution in [3.8, 4) is 0 Å². The molecule has 4 heteroatoms. The minimum atomic E-state index is 0.324. The van der Waals surface area contributed by atoms with E-state index in [9.17, 15) is 4.79 Å². The highest BCUT2D eigenvalue weighted by molar-refractivity contribution is 5.78. The minimum Gasteiger partial charge on any atom is -0.340 e. The zero-order chi connectivity index (χ0) is 12.8. The van der Waals surface area contributed by atoms with Gasteiger partial charge in [-0.1, -0.05) is 0 Å². The lowest BCUT2D eigenvalue weighted by Gasteiger charge is -2.19. The van der Waals surface area contributed by atoms with Crippen LogP contribution >= 0.6 is 0 Å². The number of carbonyl (C=O) groups is 1. The van der Waals surface area contributed by atoms with E-state index in [0.29, 0.717) is 18.0 Å². The summed E-state index contributed by atoms with van der Waals surface area (Å²) in [5.41, 5.74) is 0. The summed E-state index contributed by atoms with van der Waals surface area (Å²) in [6.07, 6.45) is 7.39. The number of aromatic nitrogens is 2. The van der Waals surface area contributed by atoms with Gasteiger partial charge >= 0.3 is 0 Å². The van der Waals surface area contributed by atoms with Crippen molar-refractivity contribution in [1.82, 2.24) is 14.5 Å². The summed E-state index contributed by atoms with van der Waals surface area (Å²) in [7, 11) is 0. The molecular weight excluding hydrogens is 214 g/mol. The Morgan fingerprint density at radius 2 is 1.94 bits per heavy atom. The van der Waals surface area contributed by atoms with E-state index in [1.165, 1.54) is 0 Å². The summed E-state index contributed by atoms with van der Waals surface area (Å²) in [5.74, 6) is 0.324. The van der Waals surface area contributed by atoms with Gasteiger partial charge in [-0.2, -0.15) is 0 Å². The Balaban J connectivity index is 0.000000171. The zero-order valence-electron chi connectivity index (χ0n) is 11.3. The third kappa shape index (κ3) is 4.21. The Kier molecular flexibility index (Phi) is 5.19. The highest BCUT2D eigenvalue weighted by Gasteiger charge is 2.21. The summed E-state index contributed by atoms with van der Waals surface area (Å²) in [4.78, 5) is 16.8. The Morgan fingerprint density at radius 3 is 2.18 bits per heavy atom. The number of hydrogen-bond donors (Lipinski definition) is 0. The van der Waals surface area contributed by atoms with E-state index in [0.717, 1.165) is 19.4 Å². The van der Waals surface area contributed by atoms with E-state index in [1.54, 1.807) is 6.20 Å². The van der Waals surface area contributed by atoms with E-state index in [1.807, 2.05) is 17.4 Å². The van der Waals surface area contributed by atoms with Crippen LogP contribution < -0.4 is 0 Å². The van der Waals surface area contributed by atoms with E-state index in [4.69, 9.17) is 0 Å². The SMILES string of the molecule is CC(C)N1CCCC1=O.CC(C)n1ccnc1. The molecule has 1 aliphatic heterocycles. The molecule has 2 heterocycles. The van der Waals surface area contributed by atoms with E-state index in [-0.39, 0.29) is 0 Å². The van der Waals surface area contributed by atoms with Gasteiger partial charge in [0.05, 0.1) is 6.33 Å². The van der Waals surface area contributed by atoms with Crippen LogP contribution in [0, 0.1) is 0 Å². The molecule has 0 aromatic carbocycles. The van der Waals surface area contributed by atoms with Crippen molar-refractivity contribution in [2.24, 2.45) is 0 Å². The quantitative estimate of drug-likeness (QED) is 0.792. The summed E-state index contributed by atoms with van der Waals surface area (Å²) < 4.78 is 2.06. The van der Waals surface area contributed by atoms with Gasteiger partial charge < -0.3 is 9.47 Å². The molecule has 17 heavy (non-hydrogen) atoms. The average molecular weight is 237 g/mol. The molecule has 0 radical (unpaired) electrons. The van der Waals surface area contributed by atoms with Gasteiger partial charge in [0.2, 0.25) is 5.91 Å². The van der Waals surface area contributed by atoms with Crippen molar-refractivity contribution in [3.63, 3.8) is 0 Å². The summed E-state index contributed by atoms with van der Waals surface area (Å²) >= 11 is 0. The molecule has 4 nitrogen and oxygen atoms in total. The molecule has 1 aromatic heterocycles. The number of carbonyl (C=O) groups excluding carboxylic acids is 1. The van der Waals surface area contributed by atoms with Gasteiger partial charge in [0, 0.05) is 37.4 Å². The molecule has 1 aromatic rings. The minimum absolute atomic E-state index is 0.324. The fourth-order valence-electron chi connectivity index (χ4n) is 1.79. The Labute approximate surface area is 104 Å². The van der Waals surface area contributed by atoms with Gasteiger partial charge in [0.15, 0.2) is 0 Å². The van der Waals surface area contributed by atoms with Crippen molar-refractivity contribution < 1.29 is 4.79 Å². The number of rotatable bonds is 2. The van der Waals surface area contributed by atoms with Crippen LogP contribution in [0.2, 0.25) is 0 Å². The number of hydrogen-bond acceptors (Lipinski definition) is 2. The fraction of sp³-hybridized carbons (Fsp3) is 0.692. The predicted octanol–water partition coefficient (Wildman–Crippen LogP) is 2.48. The van der Waals surface area contributed by atoms with Gasteiger partial charge in [0.25, 0.3) is 0 Å². The normalized spacial score (nSPS) is 15.4. The first-order valence-electron chi connectivity index (χ1n) is 6.29. The number of likely N-dealkylation sites (tertiary alicyclic amines) is 1. The van der Waals surface area contributed by atoms with E-state index in [2.05, 4.69) is 37.2 Å². The molecule has 1 fully saturated rings. The lowest BCUT2D eigenvalue weighted by Crippen LogP contribution is -2.31. The van der Waals surface area contributed by atoms with Crippen LogP contribution in [-0.2, 0) is 4.79 Å². The fourth-order valence-corrected chi connectivity index (χ4v) is 1.79. The molecule has 0 unspecified atom stereocenters. The van der Waals surface area contributed by atoms with Gasteiger partial charge in [-0.25, -0.2) is 4.98 Å². The second kappa shape index (κ2) is 6.42. The van der Waals surface area contributed by atoms with E-state index < -0.39 is 0 Å². The van der Waals surface area contributed by atoms with Crippen molar-refractivity contribution >= 4 is 5.91 Å². The molecule has 0 saturated carbocycles. The largest absolute Gasteiger partial charge is 0.340 e. The first-order chi connectivity index (χ1) is 8.02. The average Bonchev–Trinajstić information content (AvgIpc) is 2.87. The van der Waals surface area contributed by atoms with Crippen LogP contribution in [0.5, 0.6) is 0 Å².